The van der Waals surface area contributed by atoms with E-state index in [1.54, 1.807) is 0 Å². The van der Waals surface area contributed by atoms with Crippen molar-refractivity contribution in [3.05, 3.63) is 164 Å². The second kappa shape index (κ2) is 10.1. The highest BCUT2D eigenvalue weighted by atomic mass is 32.1. The van der Waals surface area contributed by atoms with E-state index in [1.165, 1.54) is 63.6 Å². The van der Waals surface area contributed by atoms with Crippen LogP contribution < -0.4 is 4.90 Å². The molecule has 9 aromatic rings. The third kappa shape index (κ3) is 4.00. The van der Waals surface area contributed by atoms with E-state index < -0.39 is 0 Å². The fourth-order valence-corrected chi connectivity index (χ4v) is 7.91. The van der Waals surface area contributed by atoms with Crippen LogP contribution in [0.5, 0.6) is 0 Å². The van der Waals surface area contributed by atoms with Crippen molar-refractivity contribution in [2.45, 2.75) is 0 Å². The zero-order chi connectivity index (χ0) is 29.0. The molecule has 0 spiro atoms. The number of hydrogen-bond acceptors (Lipinski definition) is 2. The topological polar surface area (TPSA) is 3.24 Å². The van der Waals surface area contributed by atoms with E-state index in [1.807, 2.05) is 11.3 Å². The van der Waals surface area contributed by atoms with Gasteiger partial charge in [0, 0.05) is 37.1 Å². The summed E-state index contributed by atoms with van der Waals surface area (Å²) < 4.78 is 2.62. The van der Waals surface area contributed by atoms with E-state index in [4.69, 9.17) is 0 Å². The van der Waals surface area contributed by atoms with Crippen LogP contribution in [0.15, 0.2) is 164 Å². The summed E-state index contributed by atoms with van der Waals surface area (Å²) in [7, 11) is 0. The van der Waals surface area contributed by atoms with Gasteiger partial charge in [-0.1, -0.05) is 127 Å². The molecule has 0 aliphatic carbocycles. The first-order valence-corrected chi connectivity index (χ1v) is 15.8. The lowest BCUT2D eigenvalue weighted by Gasteiger charge is -2.28. The van der Waals surface area contributed by atoms with Crippen molar-refractivity contribution < 1.29 is 0 Å². The average molecular weight is 578 g/mol. The summed E-state index contributed by atoms with van der Waals surface area (Å²) >= 11 is 1.86. The minimum atomic E-state index is 1.14. The number of hydrogen-bond donors (Lipinski definition) is 0. The van der Waals surface area contributed by atoms with Crippen LogP contribution in [-0.2, 0) is 0 Å². The molecule has 1 aromatic heterocycles. The maximum atomic E-state index is 2.43. The molecule has 206 valence electrons. The quantitative estimate of drug-likeness (QED) is 0.188. The molecular formula is C42H27NS. The molecule has 0 fully saturated rings. The number of rotatable bonds is 4. The van der Waals surface area contributed by atoms with Gasteiger partial charge in [-0.25, -0.2) is 0 Å². The van der Waals surface area contributed by atoms with Gasteiger partial charge >= 0.3 is 0 Å². The number of fused-ring (bicyclic) bond motifs is 8. The van der Waals surface area contributed by atoms with Crippen molar-refractivity contribution in [2.75, 3.05) is 4.90 Å². The minimum Gasteiger partial charge on any atom is -0.310 e. The molecule has 0 N–H and O–H groups in total. The molecule has 0 amide bonds. The van der Waals surface area contributed by atoms with Gasteiger partial charge in [0.1, 0.15) is 0 Å². The Balaban J connectivity index is 1.28. The molecule has 1 heterocycles. The van der Waals surface area contributed by atoms with Crippen LogP contribution in [0.4, 0.5) is 17.1 Å². The smallest absolute Gasteiger partial charge is 0.0540 e. The van der Waals surface area contributed by atoms with E-state index in [2.05, 4.69) is 169 Å². The number of nitrogens with zero attached hydrogens (tertiary/aromatic N) is 1. The third-order valence-electron chi connectivity index (χ3n) is 8.83. The first-order chi connectivity index (χ1) is 21.8. The molecule has 0 aliphatic rings. The normalized spacial score (nSPS) is 11.6. The highest BCUT2D eigenvalue weighted by molar-refractivity contribution is 7.25. The fraction of sp³-hybridized carbons (Fsp3) is 0. The SMILES string of the molecule is c1ccc(-c2ccccc2N(c2ccc3c(ccc4c5ccccc5ccc34)c2)c2ccc3c(c2)sc2ccccc23)cc1. The van der Waals surface area contributed by atoms with E-state index >= 15 is 0 Å². The number of benzene rings is 8. The Labute approximate surface area is 259 Å². The van der Waals surface area contributed by atoms with Crippen molar-refractivity contribution >= 4 is 80.9 Å². The molecule has 0 bridgehead atoms. The maximum Gasteiger partial charge on any atom is 0.0540 e. The molecule has 0 unspecified atom stereocenters. The molecule has 0 radical (unpaired) electrons. The lowest BCUT2D eigenvalue weighted by Crippen LogP contribution is -2.11. The van der Waals surface area contributed by atoms with Gasteiger partial charge in [0.2, 0.25) is 0 Å². The summed E-state index contributed by atoms with van der Waals surface area (Å²) in [5.41, 5.74) is 5.86. The second-order valence-electron chi connectivity index (χ2n) is 11.4. The van der Waals surface area contributed by atoms with Crippen LogP contribution in [0, 0.1) is 0 Å². The van der Waals surface area contributed by atoms with Crippen LogP contribution in [0.25, 0.3) is 63.6 Å². The van der Waals surface area contributed by atoms with Gasteiger partial charge < -0.3 is 4.90 Å². The molecule has 0 saturated heterocycles. The van der Waals surface area contributed by atoms with Crippen molar-refractivity contribution in [1.29, 1.82) is 0 Å². The van der Waals surface area contributed by atoms with E-state index in [0.717, 1.165) is 17.1 Å². The largest absolute Gasteiger partial charge is 0.310 e. The number of anilines is 3. The first-order valence-electron chi connectivity index (χ1n) is 15.0. The van der Waals surface area contributed by atoms with Crippen molar-refractivity contribution in [3.8, 4) is 11.1 Å². The molecule has 1 nitrogen and oxygen atoms in total. The van der Waals surface area contributed by atoms with Crippen LogP contribution >= 0.6 is 11.3 Å². The lowest BCUT2D eigenvalue weighted by atomic mass is 9.96. The monoisotopic (exact) mass is 577 g/mol. The highest BCUT2D eigenvalue weighted by Gasteiger charge is 2.19. The zero-order valence-electron chi connectivity index (χ0n) is 23.9. The van der Waals surface area contributed by atoms with Gasteiger partial charge in [0.25, 0.3) is 0 Å². The summed E-state index contributed by atoms with van der Waals surface area (Å²) in [5.74, 6) is 0. The first kappa shape index (κ1) is 25.1. The molecule has 2 heteroatoms. The van der Waals surface area contributed by atoms with Crippen LogP contribution in [0.3, 0.4) is 0 Å². The third-order valence-corrected chi connectivity index (χ3v) is 9.97. The van der Waals surface area contributed by atoms with Crippen LogP contribution in [0.1, 0.15) is 0 Å². The molecule has 0 saturated carbocycles. The van der Waals surface area contributed by atoms with Gasteiger partial charge in [-0.15, -0.1) is 11.3 Å². The summed E-state index contributed by atoms with van der Waals surface area (Å²) in [6.07, 6.45) is 0. The standard InChI is InChI=1S/C42H27NS/c1-2-10-28(11-3-1)35-14-6-8-16-40(35)43(32-21-25-39-38-15-7-9-17-41(38)44-42(39)27-32)31-20-24-34-30(26-31)19-23-36-33-13-5-4-12-29(33)18-22-37(34)36/h1-27H. The van der Waals surface area contributed by atoms with Gasteiger partial charge in [-0.3, -0.25) is 0 Å². The number of thiophene rings is 1. The van der Waals surface area contributed by atoms with Crippen LogP contribution in [0.2, 0.25) is 0 Å². The Morgan fingerprint density at radius 2 is 0.955 bits per heavy atom. The van der Waals surface area contributed by atoms with E-state index in [-0.39, 0.29) is 0 Å². The van der Waals surface area contributed by atoms with Crippen LogP contribution in [-0.4, -0.2) is 0 Å². The zero-order valence-corrected chi connectivity index (χ0v) is 24.8. The Bertz CT molecular complexity index is 2510. The predicted octanol–water partition coefficient (Wildman–Crippen LogP) is 12.7. The van der Waals surface area contributed by atoms with E-state index in [9.17, 15) is 0 Å². The molecule has 44 heavy (non-hydrogen) atoms. The molecule has 8 aromatic carbocycles. The Kier molecular flexibility index (Phi) is 5.75. The number of para-hydroxylation sites is 1. The minimum absolute atomic E-state index is 1.14. The summed E-state index contributed by atoms with van der Waals surface area (Å²) in [6, 6.07) is 59.8. The van der Waals surface area contributed by atoms with Gasteiger partial charge in [-0.2, -0.15) is 0 Å². The average Bonchev–Trinajstić information content (AvgIpc) is 3.46. The lowest BCUT2D eigenvalue weighted by molar-refractivity contribution is 1.30. The Morgan fingerprint density at radius 1 is 0.364 bits per heavy atom. The summed E-state index contributed by atoms with van der Waals surface area (Å²) in [4.78, 5) is 2.43. The second-order valence-corrected chi connectivity index (χ2v) is 12.4. The molecule has 9 rings (SSSR count). The van der Waals surface area contributed by atoms with Gasteiger partial charge in [0.05, 0.1) is 5.69 Å². The summed E-state index contributed by atoms with van der Waals surface area (Å²) in [5, 5.41) is 10.3. The Hall–Kier alpha value is -5.44. The van der Waals surface area contributed by atoms with Crippen molar-refractivity contribution in [2.24, 2.45) is 0 Å². The van der Waals surface area contributed by atoms with Crippen molar-refractivity contribution in [1.82, 2.24) is 0 Å². The van der Waals surface area contributed by atoms with Crippen molar-refractivity contribution in [3.63, 3.8) is 0 Å². The predicted molar refractivity (Wildman–Crippen MR) is 192 cm³/mol. The maximum absolute atomic E-state index is 2.43. The van der Waals surface area contributed by atoms with Gasteiger partial charge in [0.15, 0.2) is 0 Å². The highest BCUT2D eigenvalue weighted by Crippen LogP contribution is 2.44. The van der Waals surface area contributed by atoms with E-state index in [0.29, 0.717) is 0 Å². The Morgan fingerprint density at radius 3 is 1.82 bits per heavy atom. The molecular weight excluding hydrogens is 551 g/mol. The molecule has 0 atom stereocenters. The molecule has 0 aliphatic heterocycles. The van der Waals surface area contributed by atoms with Gasteiger partial charge in [-0.05, 0) is 74.3 Å². The summed E-state index contributed by atoms with van der Waals surface area (Å²) in [6.45, 7) is 0. The fourth-order valence-electron chi connectivity index (χ4n) is 6.77.